The van der Waals surface area contributed by atoms with Crippen molar-refractivity contribution < 1.29 is 9.28 Å². The van der Waals surface area contributed by atoms with Crippen LogP contribution in [0.1, 0.15) is 61.8 Å². The number of aryl methyl sites for hydroxylation is 2. The first-order valence-electron chi connectivity index (χ1n) is 10.8. The molecule has 1 aliphatic rings. The summed E-state index contributed by atoms with van der Waals surface area (Å²) >= 11 is 0. The molecule has 3 rings (SSSR count). The van der Waals surface area contributed by atoms with Crippen LogP contribution in [-0.2, 0) is 4.79 Å². The molecule has 2 aromatic rings. The maximum absolute atomic E-state index is 13.2. The molecule has 3 heteroatoms. The van der Waals surface area contributed by atoms with Crippen LogP contribution in [-0.4, -0.2) is 30.0 Å². The summed E-state index contributed by atoms with van der Waals surface area (Å²) in [6.45, 7) is 9.08. The van der Waals surface area contributed by atoms with Crippen LogP contribution in [0.4, 0.5) is 5.69 Å². The molecule has 0 spiro atoms. The Bertz CT molecular complexity index is 766. The molecule has 1 saturated heterocycles. The van der Waals surface area contributed by atoms with Crippen LogP contribution in [0, 0.1) is 13.8 Å². The van der Waals surface area contributed by atoms with E-state index in [0.717, 1.165) is 40.8 Å². The minimum Gasteiger partial charge on any atom is -0.321 e. The third-order valence-corrected chi connectivity index (χ3v) is 6.30. The lowest BCUT2D eigenvalue weighted by Gasteiger charge is -2.44. The summed E-state index contributed by atoms with van der Waals surface area (Å²) in [4.78, 5) is 13.2. The summed E-state index contributed by atoms with van der Waals surface area (Å²) in [5.41, 5.74) is 4.63. The van der Waals surface area contributed by atoms with Gasteiger partial charge in [-0.1, -0.05) is 55.5 Å². The van der Waals surface area contributed by atoms with Crippen molar-refractivity contribution in [1.82, 2.24) is 0 Å². The van der Waals surface area contributed by atoms with E-state index in [1.165, 1.54) is 31.2 Å². The zero-order chi connectivity index (χ0) is 20.0. The number of likely N-dealkylation sites (tertiary alicyclic amines) is 1. The fourth-order valence-corrected chi connectivity index (χ4v) is 4.99. The topological polar surface area (TPSA) is 29.1 Å². The average Bonchev–Trinajstić information content (AvgIpc) is 2.88. The highest BCUT2D eigenvalue weighted by Gasteiger charge is 2.40. The van der Waals surface area contributed by atoms with Crippen molar-refractivity contribution in [3.63, 3.8) is 0 Å². The summed E-state index contributed by atoms with van der Waals surface area (Å²) in [6, 6.07) is 17.5. The van der Waals surface area contributed by atoms with Gasteiger partial charge in [0, 0.05) is 17.7 Å². The van der Waals surface area contributed by atoms with Crippen molar-refractivity contribution in [1.29, 1.82) is 0 Å². The largest absolute Gasteiger partial charge is 0.321 e. The fourth-order valence-electron chi connectivity index (χ4n) is 4.99. The maximum Gasteiger partial charge on any atom is 0.279 e. The molecule has 1 heterocycles. The Morgan fingerprint density at radius 3 is 2.39 bits per heavy atom. The smallest absolute Gasteiger partial charge is 0.279 e. The first kappa shape index (κ1) is 20.6. The summed E-state index contributed by atoms with van der Waals surface area (Å²) in [5, 5.41) is 3.25. The van der Waals surface area contributed by atoms with Crippen LogP contribution in [0.2, 0.25) is 0 Å². The molecule has 0 aliphatic carbocycles. The number of para-hydroxylation sites is 1. The molecule has 2 aromatic carbocycles. The highest BCUT2D eigenvalue weighted by molar-refractivity contribution is 5.93. The average molecular weight is 380 g/mol. The number of amides is 1. The fraction of sp³-hybridized carbons (Fsp3) is 0.480. The van der Waals surface area contributed by atoms with Gasteiger partial charge in [0.15, 0.2) is 6.54 Å². The first-order chi connectivity index (χ1) is 13.6. The highest BCUT2D eigenvalue weighted by atomic mass is 16.2. The quantitative estimate of drug-likeness (QED) is 0.633. The first-order valence-corrected chi connectivity index (χ1v) is 10.8. The van der Waals surface area contributed by atoms with Gasteiger partial charge in [-0.3, -0.25) is 4.79 Å². The third kappa shape index (κ3) is 4.64. The molecule has 0 aromatic heterocycles. The Morgan fingerprint density at radius 2 is 1.71 bits per heavy atom. The molecular formula is C25H35N2O+. The zero-order valence-electron chi connectivity index (χ0n) is 17.7. The van der Waals surface area contributed by atoms with Crippen LogP contribution in [0.15, 0.2) is 48.5 Å². The Morgan fingerprint density at radius 1 is 1.00 bits per heavy atom. The Kier molecular flexibility index (Phi) is 6.90. The summed E-state index contributed by atoms with van der Waals surface area (Å²) in [5.74, 6) is 0.147. The minimum absolute atomic E-state index is 0.147. The van der Waals surface area contributed by atoms with Crippen molar-refractivity contribution in [3.8, 4) is 0 Å². The molecule has 28 heavy (non-hydrogen) atoms. The van der Waals surface area contributed by atoms with Gasteiger partial charge in [0.05, 0.1) is 13.1 Å². The number of quaternary nitrogens is 1. The molecular weight excluding hydrogens is 344 g/mol. The van der Waals surface area contributed by atoms with E-state index in [2.05, 4.69) is 68.6 Å². The molecule has 1 N–H and O–H groups in total. The van der Waals surface area contributed by atoms with Gasteiger partial charge in [-0.2, -0.15) is 0 Å². The van der Waals surface area contributed by atoms with Gasteiger partial charge >= 0.3 is 0 Å². The predicted molar refractivity (Wildman–Crippen MR) is 117 cm³/mol. The summed E-state index contributed by atoms with van der Waals surface area (Å²) < 4.78 is 0.886. The van der Waals surface area contributed by atoms with E-state index < -0.39 is 0 Å². The standard InChI is InChI=1S/C25H34N2O/c1-4-17-27(19-24(28)26-25-20(2)12-11-13-21(25)3)18-10-6-9-16-23(27)22-14-7-5-8-15-22/h5,7-8,11-15,23H,4,6,9-10,16-19H2,1-3H3/p+1. The second-order valence-electron chi connectivity index (χ2n) is 8.41. The molecule has 1 fully saturated rings. The maximum atomic E-state index is 13.2. The second kappa shape index (κ2) is 9.38. The van der Waals surface area contributed by atoms with E-state index in [4.69, 9.17) is 0 Å². The zero-order valence-corrected chi connectivity index (χ0v) is 17.7. The van der Waals surface area contributed by atoms with Gasteiger partial charge in [-0.15, -0.1) is 0 Å². The number of nitrogens with zero attached hydrogens (tertiary/aromatic N) is 1. The normalized spacial score (nSPS) is 22.5. The summed E-state index contributed by atoms with van der Waals surface area (Å²) in [7, 11) is 0. The van der Waals surface area contributed by atoms with Gasteiger partial charge in [-0.25, -0.2) is 0 Å². The predicted octanol–water partition coefficient (Wildman–Crippen LogP) is 5.78. The molecule has 0 radical (unpaired) electrons. The molecule has 1 amide bonds. The Labute approximate surface area is 170 Å². The molecule has 2 unspecified atom stereocenters. The third-order valence-electron chi connectivity index (χ3n) is 6.30. The van der Waals surface area contributed by atoms with Crippen molar-refractivity contribution >= 4 is 11.6 Å². The highest BCUT2D eigenvalue weighted by Crippen LogP contribution is 2.37. The number of rotatable bonds is 6. The van der Waals surface area contributed by atoms with E-state index in [1.54, 1.807) is 0 Å². The molecule has 2 atom stereocenters. The molecule has 150 valence electrons. The SMILES string of the molecule is CCC[N+]1(CC(=O)Nc2c(C)cccc2C)CCCCCC1c1ccccc1. The van der Waals surface area contributed by atoms with Crippen LogP contribution < -0.4 is 5.32 Å². The number of hydrogen-bond donors (Lipinski definition) is 1. The molecule has 3 nitrogen and oxygen atoms in total. The minimum atomic E-state index is 0.147. The molecule has 1 aliphatic heterocycles. The lowest BCUT2D eigenvalue weighted by atomic mass is 9.97. The number of carbonyl (C=O) groups is 1. The Balaban J connectivity index is 1.89. The van der Waals surface area contributed by atoms with E-state index in [-0.39, 0.29) is 5.91 Å². The van der Waals surface area contributed by atoms with Crippen LogP contribution in [0.3, 0.4) is 0 Å². The Hall–Kier alpha value is -2.13. The molecule has 0 saturated carbocycles. The van der Waals surface area contributed by atoms with Crippen LogP contribution >= 0.6 is 0 Å². The van der Waals surface area contributed by atoms with Crippen molar-refractivity contribution in [2.75, 3.05) is 25.0 Å². The van der Waals surface area contributed by atoms with Gasteiger partial charge in [0.2, 0.25) is 0 Å². The lowest BCUT2D eigenvalue weighted by Crippen LogP contribution is -2.55. The van der Waals surface area contributed by atoms with Crippen molar-refractivity contribution in [3.05, 3.63) is 65.2 Å². The second-order valence-corrected chi connectivity index (χ2v) is 8.41. The lowest BCUT2D eigenvalue weighted by molar-refractivity contribution is -0.949. The number of hydrogen-bond acceptors (Lipinski definition) is 1. The summed E-state index contributed by atoms with van der Waals surface area (Å²) in [6.07, 6.45) is 5.99. The van der Waals surface area contributed by atoms with Crippen molar-refractivity contribution in [2.24, 2.45) is 0 Å². The van der Waals surface area contributed by atoms with Crippen LogP contribution in [0.5, 0.6) is 0 Å². The van der Waals surface area contributed by atoms with E-state index in [9.17, 15) is 4.79 Å². The number of nitrogens with one attached hydrogen (secondary N) is 1. The number of carbonyl (C=O) groups excluding carboxylic acids is 1. The van der Waals surface area contributed by atoms with Gasteiger partial charge < -0.3 is 9.80 Å². The van der Waals surface area contributed by atoms with E-state index >= 15 is 0 Å². The van der Waals surface area contributed by atoms with Crippen LogP contribution in [0.25, 0.3) is 0 Å². The number of benzene rings is 2. The van der Waals surface area contributed by atoms with E-state index in [1.807, 2.05) is 6.07 Å². The monoisotopic (exact) mass is 379 g/mol. The van der Waals surface area contributed by atoms with Crippen molar-refractivity contribution in [2.45, 2.75) is 58.9 Å². The van der Waals surface area contributed by atoms with E-state index in [0.29, 0.717) is 12.6 Å². The van der Waals surface area contributed by atoms with Gasteiger partial charge in [0.1, 0.15) is 6.04 Å². The number of anilines is 1. The van der Waals surface area contributed by atoms with Gasteiger partial charge in [0.25, 0.3) is 5.91 Å². The molecule has 0 bridgehead atoms. The van der Waals surface area contributed by atoms with Gasteiger partial charge in [-0.05, 0) is 50.7 Å².